The molecule has 6 heteroatoms. The molecule has 0 saturated carbocycles. The number of nitrogens with one attached hydrogen (secondary N) is 2. The van der Waals surface area contributed by atoms with Crippen LogP contribution in [0.4, 0.5) is 14.5 Å². The molecule has 0 aliphatic heterocycles. The highest BCUT2D eigenvalue weighted by Gasteiger charge is 2.24. The number of halogens is 2. The normalized spacial score (nSPS) is 11.9. The quantitative estimate of drug-likeness (QED) is 0.816. The van der Waals surface area contributed by atoms with Crippen LogP contribution in [0.3, 0.4) is 0 Å². The Hall–Kier alpha value is -2.76. The summed E-state index contributed by atoms with van der Waals surface area (Å²) in [4.78, 5) is 25.1. The second-order valence-electron chi connectivity index (χ2n) is 6.58. The smallest absolute Gasteiger partial charge is 0.252 e. The molecule has 0 fully saturated rings. The van der Waals surface area contributed by atoms with E-state index < -0.39 is 23.6 Å². The number of benzene rings is 2. The fourth-order valence-electron chi connectivity index (χ4n) is 2.58. The maximum atomic E-state index is 13.8. The van der Waals surface area contributed by atoms with Crippen molar-refractivity contribution < 1.29 is 18.4 Å². The van der Waals surface area contributed by atoms with Gasteiger partial charge in [-0.15, -0.1) is 0 Å². The van der Waals surface area contributed by atoms with Crippen molar-refractivity contribution in [1.82, 2.24) is 5.32 Å². The first-order chi connectivity index (χ1) is 12.3. The molecule has 4 nitrogen and oxygen atoms in total. The van der Waals surface area contributed by atoms with Crippen molar-refractivity contribution in [3.63, 3.8) is 0 Å². The molecule has 0 aliphatic carbocycles. The molecule has 2 aromatic carbocycles. The Morgan fingerprint density at radius 1 is 1.08 bits per heavy atom. The van der Waals surface area contributed by atoms with E-state index in [4.69, 9.17) is 0 Å². The molecule has 2 N–H and O–H groups in total. The Morgan fingerprint density at radius 3 is 2.38 bits per heavy atom. The number of hydrogen-bond donors (Lipinski definition) is 2. The molecule has 2 rings (SSSR count). The molecule has 0 aliphatic rings. The Kier molecular flexibility index (Phi) is 6.44. The van der Waals surface area contributed by atoms with Crippen LogP contribution in [-0.2, 0) is 4.79 Å². The average molecular weight is 360 g/mol. The zero-order valence-corrected chi connectivity index (χ0v) is 15.0. The molecule has 138 valence electrons. The van der Waals surface area contributed by atoms with Gasteiger partial charge in [-0.2, -0.15) is 0 Å². The third kappa shape index (κ3) is 5.12. The first-order valence-corrected chi connectivity index (χ1v) is 8.40. The van der Waals surface area contributed by atoms with Gasteiger partial charge in [0.15, 0.2) is 0 Å². The molecule has 0 heterocycles. The van der Waals surface area contributed by atoms with Gasteiger partial charge in [0.2, 0.25) is 5.91 Å². The summed E-state index contributed by atoms with van der Waals surface area (Å²) in [6.45, 7) is 5.64. The molecule has 0 spiro atoms. The monoisotopic (exact) mass is 360 g/mol. The van der Waals surface area contributed by atoms with Gasteiger partial charge in [-0.1, -0.05) is 32.0 Å². The van der Waals surface area contributed by atoms with Gasteiger partial charge in [0, 0.05) is 11.6 Å². The lowest BCUT2D eigenvalue weighted by Crippen LogP contribution is -2.44. The lowest BCUT2D eigenvalue weighted by atomic mass is 10.0. The summed E-state index contributed by atoms with van der Waals surface area (Å²) in [5, 5.41) is 5.13. The van der Waals surface area contributed by atoms with E-state index in [9.17, 15) is 18.4 Å². The minimum absolute atomic E-state index is 0.126. The minimum Gasteiger partial charge on any atom is -0.340 e. The summed E-state index contributed by atoms with van der Waals surface area (Å²) in [7, 11) is 0. The minimum atomic E-state index is -0.869. The van der Waals surface area contributed by atoms with E-state index in [-0.39, 0.29) is 17.5 Å². The predicted molar refractivity (Wildman–Crippen MR) is 96.9 cm³/mol. The van der Waals surface area contributed by atoms with Gasteiger partial charge in [-0.25, -0.2) is 8.78 Å². The van der Waals surface area contributed by atoms with Crippen LogP contribution in [0.5, 0.6) is 0 Å². The number of amides is 2. The van der Waals surface area contributed by atoms with Crippen molar-refractivity contribution in [1.29, 1.82) is 0 Å². The maximum absolute atomic E-state index is 13.8. The van der Waals surface area contributed by atoms with Crippen LogP contribution < -0.4 is 10.6 Å². The van der Waals surface area contributed by atoms with E-state index in [1.54, 1.807) is 25.1 Å². The van der Waals surface area contributed by atoms with E-state index in [0.717, 1.165) is 17.7 Å². The topological polar surface area (TPSA) is 58.2 Å². The first kappa shape index (κ1) is 19.6. The summed E-state index contributed by atoms with van der Waals surface area (Å²) in [6, 6.07) is 9.11. The standard InChI is InChI=1S/C20H22F2N2O2/c1-12(2)10-18(24-19(25)15-7-5-4-6-13(15)3)20(26)23-17-9-8-14(21)11-16(17)22/h4-9,11-12,18H,10H2,1-3H3,(H,23,26)(H,24,25). The van der Waals surface area contributed by atoms with Gasteiger partial charge in [0.25, 0.3) is 5.91 Å². The highest BCUT2D eigenvalue weighted by atomic mass is 19.1. The molecule has 0 radical (unpaired) electrons. The van der Waals surface area contributed by atoms with Crippen molar-refractivity contribution in [2.45, 2.75) is 33.2 Å². The van der Waals surface area contributed by atoms with Crippen LogP contribution in [0.2, 0.25) is 0 Å². The van der Waals surface area contributed by atoms with Crippen LogP contribution >= 0.6 is 0 Å². The lowest BCUT2D eigenvalue weighted by Gasteiger charge is -2.21. The maximum Gasteiger partial charge on any atom is 0.252 e. The highest BCUT2D eigenvalue weighted by molar-refractivity contribution is 6.01. The van der Waals surface area contributed by atoms with Crippen LogP contribution in [0.25, 0.3) is 0 Å². The summed E-state index contributed by atoms with van der Waals surface area (Å²) in [5.41, 5.74) is 1.13. The van der Waals surface area contributed by atoms with E-state index in [1.807, 2.05) is 19.9 Å². The van der Waals surface area contributed by atoms with Crippen LogP contribution in [0.1, 0.15) is 36.2 Å². The Labute approximate surface area is 151 Å². The number of carbonyl (C=O) groups is 2. The summed E-state index contributed by atoms with van der Waals surface area (Å²) >= 11 is 0. The van der Waals surface area contributed by atoms with Crippen LogP contribution in [0, 0.1) is 24.5 Å². The molecule has 1 atom stereocenters. The van der Waals surface area contributed by atoms with Gasteiger partial charge in [-0.3, -0.25) is 9.59 Å². The average Bonchev–Trinajstić information content (AvgIpc) is 2.56. The molecular formula is C20H22F2N2O2. The van der Waals surface area contributed by atoms with E-state index in [2.05, 4.69) is 10.6 Å². The molecule has 1 unspecified atom stereocenters. The van der Waals surface area contributed by atoms with E-state index in [0.29, 0.717) is 18.1 Å². The highest BCUT2D eigenvalue weighted by Crippen LogP contribution is 2.17. The van der Waals surface area contributed by atoms with Crippen molar-refractivity contribution in [3.8, 4) is 0 Å². The lowest BCUT2D eigenvalue weighted by molar-refractivity contribution is -0.118. The van der Waals surface area contributed by atoms with Crippen LogP contribution in [-0.4, -0.2) is 17.9 Å². The molecule has 0 saturated heterocycles. The van der Waals surface area contributed by atoms with Gasteiger partial charge in [0.1, 0.15) is 17.7 Å². The summed E-state index contributed by atoms with van der Waals surface area (Å²) < 4.78 is 26.8. The summed E-state index contributed by atoms with van der Waals surface area (Å²) in [6.07, 6.45) is 0.381. The Bertz CT molecular complexity index is 806. The van der Waals surface area contributed by atoms with Crippen molar-refractivity contribution >= 4 is 17.5 Å². The van der Waals surface area contributed by atoms with Crippen LogP contribution in [0.15, 0.2) is 42.5 Å². The van der Waals surface area contributed by atoms with E-state index >= 15 is 0 Å². The van der Waals surface area contributed by atoms with Gasteiger partial charge >= 0.3 is 0 Å². The third-order valence-electron chi connectivity index (χ3n) is 3.91. The molecule has 2 aromatic rings. The van der Waals surface area contributed by atoms with Crippen molar-refractivity contribution in [2.24, 2.45) is 5.92 Å². The van der Waals surface area contributed by atoms with Gasteiger partial charge in [0.05, 0.1) is 5.69 Å². The number of anilines is 1. The zero-order valence-electron chi connectivity index (χ0n) is 15.0. The van der Waals surface area contributed by atoms with Crippen molar-refractivity contribution in [2.75, 3.05) is 5.32 Å². The predicted octanol–water partition coefficient (Wildman–Crippen LogP) is 4.06. The van der Waals surface area contributed by atoms with Gasteiger partial charge < -0.3 is 10.6 Å². The number of rotatable bonds is 6. The second-order valence-corrected chi connectivity index (χ2v) is 6.58. The van der Waals surface area contributed by atoms with Crippen molar-refractivity contribution in [3.05, 3.63) is 65.2 Å². The molecule has 0 aromatic heterocycles. The molecular weight excluding hydrogens is 338 g/mol. The third-order valence-corrected chi connectivity index (χ3v) is 3.91. The SMILES string of the molecule is Cc1ccccc1C(=O)NC(CC(C)C)C(=O)Nc1ccc(F)cc1F. The first-order valence-electron chi connectivity index (χ1n) is 8.40. The number of aryl methyl sites for hydroxylation is 1. The largest absolute Gasteiger partial charge is 0.340 e. The Morgan fingerprint density at radius 2 is 1.77 bits per heavy atom. The molecule has 26 heavy (non-hydrogen) atoms. The van der Waals surface area contributed by atoms with E-state index in [1.165, 1.54) is 0 Å². The number of hydrogen-bond acceptors (Lipinski definition) is 2. The summed E-state index contributed by atoms with van der Waals surface area (Å²) in [5.74, 6) is -2.39. The molecule has 0 bridgehead atoms. The Balaban J connectivity index is 2.16. The zero-order chi connectivity index (χ0) is 19.3. The molecule has 2 amide bonds. The van der Waals surface area contributed by atoms with Gasteiger partial charge in [-0.05, 0) is 43.0 Å². The second kappa shape index (κ2) is 8.56. The number of carbonyl (C=O) groups excluding carboxylic acids is 2. The fraction of sp³-hybridized carbons (Fsp3) is 0.300. The fourth-order valence-corrected chi connectivity index (χ4v) is 2.58.